The minimum Gasteiger partial charge on any atom is -0.242 e. The van der Waals surface area contributed by atoms with Gasteiger partial charge in [0.1, 0.15) is 0 Å². The quantitative estimate of drug-likeness (QED) is 0.626. The number of aromatic nitrogens is 1. The second-order valence-corrected chi connectivity index (χ2v) is 4.65. The van der Waals surface area contributed by atoms with Crippen molar-refractivity contribution in [3.8, 4) is 0 Å². The topological polar surface area (TPSA) is 12.9 Å². The van der Waals surface area contributed by atoms with Crippen LogP contribution in [0.5, 0.6) is 0 Å². The second kappa shape index (κ2) is 5.11. The Morgan fingerprint density at radius 3 is 2.50 bits per heavy atom. The average Bonchev–Trinajstić information content (AvgIpc) is 2.45. The van der Waals surface area contributed by atoms with E-state index in [1.54, 1.807) is 11.3 Å². The number of rotatable bonds is 0. The summed E-state index contributed by atoms with van der Waals surface area (Å²) < 4.78 is 1.29. The number of thiazole rings is 1. The number of hydrogen-bond donors (Lipinski definition) is 0. The number of hydrogen-bond acceptors (Lipinski definition) is 2. The van der Waals surface area contributed by atoms with E-state index in [0.717, 1.165) is 10.5 Å². The van der Waals surface area contributed by atoms with E-state index in [-0.39, 0.29) is 0 Å². The van der Waals surface area contributed by atoms with Gasteiger partial charge in [0.05, 0.1) is 15.2 Å². The third-order valence-electron chi connectivity index (χ3n) is 1.65. The Morgan fingerprint density at radius 1 is 1.21 bits per heavy atom. The Hall–Kier alpha value is -0.890. The van der Waals surface area contributed by atoms with Crippen LogP contribution in [0.15, 0.2) is 18.2 Å². The monoisotopic (exact) mass is 207 g/mol. The molecular weight excluding hydrogens is 190 g/mol. The van der Waals surface area contributed by atoms with E-state index >= 15 is 0 Å². The highest BCUT2D eigenvalue weighted by atomic mass is 32.1. The molecule has 0 aliphatic heterocycles. The molecule has 1 aromatic heterocycles. The van der Waals surface area contributed by atoms with Gasteiger partial charge < -0.3 is 0 Å². The Balaban J connectivity index is 0.000000293. The molecule has 0 radical (unpaired) electrons. The van der Waals surface area contributed by atoms with Crippen molar-refractivity contribution in [2.24, 2.45) is 0 Å². The average molecular weight is 207 g/mol. The van der Waals surface area contributed by atoms with Crippen LogP contribution in [0.25, 0.3) is 10.2 Å². The highest BCUT2D eigenvalue weighted by Gasteiger charge is 1.98. The van der Waals surface area contributed by atoms with Crippen molar-refractivity contribution in [3.05, 3.63) is 28.8 Å². The lowest BCUT2D eigenvalue weighted by molar-refractivity contribution is 1.09. The molecule has 76 valence electrons. The number of fused-ring (bicyclic) bond motifs is 1. The summed E-state index contributed by atoms with van der Waals surface area (Å²) in [5, 5.41) is 1.14. The Morgan fingerprint density at radius 2 is 1.86 bits per heavy atom. The zero-order valence-electron chi connectivity index (χ0n) is 9.29. The fourth-order valence-electron chi connectivity index (χ4n) is 1.15. The number of benzene rings is 1. The van der Waals surface area contributed by atoms with Crippen molar-refractivity contribution in [3.63, 3.8) is 0 Å². The highest BCUT2D eigenvalue weighted by Crippen LogP contribution is 2.21. The molecule has 0 spiro atoms. The van der Waals surface area contributed by atoms with Crippen LogP contribution in [0.2, 0.25) is 0 Å². The van der Waals surface area contributed by atoms with Gasteiger partial charge in [0, 0.05) is 0 Å². The van der Waals surface area contributed by atoms with Crippen LogP contribution in [0.1, 0.15) is 30.8 Å². The first-order chi connectivity index (χ1) is 6.67. The fourth-order valence-corrected chi connectivity index (χ4v) is 1.96. The van der Waals surface area contributed by atoms with Crippen LogP contribution >= 0.6 is 11.3 Å². The smallest absolute Gasteiger partial charge is 0.0907 e. The SMILES string of the molecule is CCC.Cc1ccc2sc(C)nc2c1. The Labute approximate surface area is 89.8 Å². The summed E-state index contributed by atoms with van der Waals surface area (Å²) in [5.74, 6) is 0. The number of aryl methyl sites for hydroxylation is 2. The fraction of sp³-hybridized carbons (Fsp3) is 0.417. The Bertz CT molecular complexity index is 404. The molecule has 1 nitrogen and oxygen atoms in total. The molecule has 0 atom stereocenters. The van der Waals surface area contributed by atoms with Crippen LogP contribution < -0.4 is 0 Å². The van der Waals surface area contributed by atoms with Gasteiger partial charge in [-0.3, -0.25) is 0 Å². The Kier molecular flexibility index (Phi) is 4.08. The first kappa shape index (κ1) is 11.2. The third-order valence-corrected chi connectivity index (χ3v) is 2.60. The lowest BCUT2D eigenvalue weighted by Gasteiger charge is -1.88. The van der Waals surface area contributed by atoms with Gasteiger partial charge in [-0.15, -0.1) is 11.3 Å². The summed E-state index contributed by atoms with van der Waals surface area (Å²) in [6, 6.07) is 6.38. The van der Waals surface area contributed by atoms with E-state index in [9.17, 15) is 0 Å². The first-order valence-corrected chi connectivity index (χ1v) is 5.82. The van der Waals surface area contributed by atoms with Crippen LogP contribution in [0.4, 0.5) is 0 Å². The summed E-state index contributed by atoms with van der Waals surface area (Å²) >= 11 is 1.75. The zero-order chi connectivity index (χ0) is 10.6. The predicted octanol–water partition coefficient (Wildman–Crippen LogP) is 4.33. The first-order valence-electron chi connectivity index (χ1n) is 5.01. The van der Waals surface area contributed by atoms with E-state index in [1.165, 1.54) is 16.7 Å². The van der Waals surface area contributed by atoms with Gasteiger partial charge in [-0.2, -0.15) is 0 Å². The van der Waals surface area contributed by atoms with Gasteiger partial charge in [0.15, 0.2) is 0 Å². The van der Waals surface area contributed by atoms with Crippen molar-refractivity contribution in [1.82, 2.24) is 4.98 Å². The van der Waals surface area contributed by atoms with E-state index in [4.69, 9.17) is 0 Å². The lowest BCUT2D eigenvalue weighted by atomic mass is 10.2. The van der Waals surface area contributed by atoms with Crippen LogP contribution in [-0.4, -0.2) is 4.98 Å². The third kappa shape index (κ3) is 2.81. The highest BCUT2D eigenvalue weighted by molar-refractivity contribution is 7.18. The summed E-state index contributed by atoms with van der Waals surface area (Å²) in [4.78, 5) is 4.39. The van der Waals surface area contributed by atoms with Gasteiger partial charge in [-0.25, -0.2) is 4.98 Å². The second-order valence-electron chi connectivity index (χ2n) is 3.41. The normalized spacial score (nSPS) is 9.71. The molecule has 0 N–H and O–H groups in total. The van der Waals surface area contributed by atoms with E-state index in [1.807, 2.05) is 6.92 Å². The van der Waals surface area contributed by atoms with Crippen molar-refractivity contribution in [1.29, 1.82) is 0 Å². The van der Waals surface area contributed by atoms with Gasteiger partial charge in [0.25, 0.3) is 0 Å². The molecule has 2 rings (SSSR count). The maximum absolute atomic E-state index is 4.39. The van der Waals surface area contributed by atoms with E-state index in [0.29, 0.717) is 0 Å². The molecule has 1 heterocycles. The van der Waals surface area contributed by atoms with Crippen LogP contribution in [0.3, 0.4) is 0 Å². The molecule has 0 saturated carbocycles. The summed E-state index contributed by atoms with van der Waals surface area (Å²) in [7, 11) is 0. The molecule has 0 saturated heterocycles. The van der Waals surface area contributed by atoms with E-state index < -0.39 is 0 Å². The van der Waals surface area contributed by atoms with Gasteiger partial charge in [-0.05, 0) is 31.5 Å². The van der Waals surface area contributed by atoms with Crippen LogP contribution in [-0.2, 0) is 0 Å². The molecule has 0 aliphatic rings. The summed E-state index contributed by atoms with van der Waals surface area (Å²) in [5.41, 5.74) is 2.41. The number of nitrogens with zero attached hydrogens (tertiary/aromatic N) is 1. The largest absolute Gasteiger partial charge is 0.242 e. The minimum absolute atomic E-state index is 1.13. The lowest BCUT2D eigenvalue weighted by Crippen LogP contribution is -1.71. The maximum Gasteiger partial charge on any atom is 0.0907 e. The van der Waals surface area contributed by atoms with Gasteiger partial charge in [-0.1, -0.05) is 26.3 Å². The van der Waals surface area contributed by atoms with Gasteiger partial charge >= 0.3 is 0 Å². The molecule has 0 bridgehead atoms. The molecule has 0 fully saturated rings. The molecule has 14 heavy (non-hydrogen) atoms. The molecule has 2 heteroatoms. The molecule has 2 aromatic rings. The van der Waals surface area contributed by atoms with Crippen molar-refractivity contribution >= 4 is 21.6 Å². The van der Waals surface area contributed by atoms with Crippen molar-refractivity contribution in [2.75, 3.05) is 0 Å². The molecule has 0 unspecified atom stereocenters. The zero-order valence-corrected chi connectivity index (χ0v) is 10.1. The van der Waals surface area contributed by atoms with Crippen LogP contribution in [0, 0.1) is 13.8 Å². The van der Waals surface area contributed by atoms with Crippen molar-refractivity contribution in [2.45, 2.75) is 34.1 Å². The van der Waals surface area contributed by atoms with Gasteiger partial charge in [0.2, 0.25) is 0 Å². The predicted molar refractivity (Wildman–Crippen MR) is 65.1 cm³/mol. The molecule has 0 amide bonds. The summed E-state index contributed by atoms with van der Waals surface area (Å²) in [6.07, 6.45) is 1.25. The standard InChI is InChI=1S/C9H9NS.C3H8/c1-6-3-4-9-8(5-6)10-7(2)11-9;1-3-2/h3-5H,1-2H3;3H2,1-2H3. The summed E-state index contributed by atoms with van der Waals surface area (Å²) in [6.45, 7) is 8.38. The molecular formula is C12H17NS. The van der Waals surface area contributed by atoms with E-state index in [2.05, 4.69) is 44.0 Å². The maximum atomic E-state index is 4.39. The minimum atomic E-state index is 1.13. The molecule has 1 aromatic carbocycles. The molecule has 0 aliphatic carbocycles. The van der Waals surface area contributed by atoms with Crippen molar-refractivity contribution < 1.29 is 0 Å².